The van der Waals surface area contributed by atoms with Crippen molar-refractivity contribution in [1.82, 2.24) is 9.78 Å². The SMILES string of the molecule is Cc1nn(Cc2ccccc2)c2sc(C(=O)OCC(=O)Nc3ccccc3C(C)C)cc12. The number of benzene rings is 2. The first-order valence-corrected chi connectivity index (χ1v) is 11.3. The number of thiophene rings is 1. The molecule has 2 heterocycles. The first-order chi connectivity index (χ1) is 15.4. The van der Waals surface area contributed by atoms with Crippen LogP contribution in [0.5, 0.6) is 0 Å². The van der Waals surface area contributed by atoms with Crippen LogP contribution in [0, 0.1) is 6.92 Å². The molecule has 0 aliphatic carbocycles. The number of hydrogen-bond donors (Lipinski definition) is 1. The van der Waals surface area contributed by atoms with Crippen molar-refractivity contribution in [2.75, 3.05) is 11.9 Å². The van der Waals surface area contributed by atoms with Gasteiger partial charge in [0.05, 0.1) is 12.2 Å². The van der Waals surface area contributed by atoms with Crippen molar-refractivity contribution in [1.29, 1.82) is 0 Å². The number of esters is 1. The number of hydrogen-bond acceptors (Lipinski definition) is 5. The fourth-order valence-corrected chi connectivity index (χ4v) is 4.63. The van der Waals surface area contributed by atoms with Gasteiger partial charge in [0.2, 0.25) is 0 Å². The molecule has 2 aromatic heterocycles. The molecular formula is C25H25N3O3S. The standard InChI is InChI=1S/C25H25N3O3S/c1-16(2)19-11-7-8-12-21(19)26-23(29)15-31-25(30)22-13-20-17(3)27-28(24(20)32-22)14-18-9-5-4-6-10-18/h4-13,16H,14-15H2,1-3H3,(H,26,29). The van der Waals surface area contributed by atoms with Gasteiger partial charge in [-0.05, 0) is 36.1 Å². The Kier molecular flexibility index (Phi) is 6.37. The van der Waals surface area contributed by atoms with E-state index < -0.39 is 5.97 Å². The Morgan fingerprint density at radius 2 is 1.81 bits per heavy atom. The van der Waals surface area contributed by atoms with Crippen molar-refractivity contribution in [3.63, 3.8) is 0 Å². The minimum absolute atomic E-state index is 0.270. The maximum atomic E-state index is 12.6. The zero-order valence-corrected chi connectivity index (χ0v) is 19.1. The van der Waals surface area contributed by atoms with Crippen molar-refractivity contribution in [2.45, 2.75) is 33.2 Å². The van der Waals surface area contributed by atoms with Crippen molar-refractivity contribution < 1.29 is 14.3 Å². The van der Waals surface area contributed by atoms with Crippen LogP contribution in [0.4, 0.5) is 5.69 Å². The summed E-state index contributed by atoms with van der Waals surface area (Å²) in [6, 6.07) is 19.5. The second-order valence-corrected chi connectivity index (χ2v) is 8.96. The number of para-hydroxylation sites is 1. The van der Waals surface area contributed by atoms with Crippen LogP contribution in [0.3, 0.4) is 0 Å². The normalized spacial score (nSPS) is 11.1. The van der Waals surface area contributed by atoms with E-state index in [4.69, 9.17) is 4.74 Å². The lowest BCUT2D eigenvalue weighted by Crippen LogP contribution is -2.21. The molecule has 0 aliphatic rings. The van der Waals surface area contributed by atoms with Crippen LogP contribution in [-0.2, 0) is 16.1 Å². The van der Waals surface area contributed by atoms with Gasteiger partial charge >= 0.3 is 5.97 Å². The third-order valence-electron chi connectivity index (χ3n) is 5.17. The van der Waals surface area contributed by atoms with E-state index in [0.29, 0.717) is 11.4 Å². The third-order valence-corrected chi connectivity index (χ3v) is 6.30. The van der Waals surface area contributed by atoms with Gasteiger partial charge in [0.15, 0.2) is 6.61 Å². The number of nitrogens with zero attached hydrogens (tertiary/aromatic N) is 2. The molecule has 0 aliphatic heterocycles. The lowest BCUT2D eigenvalue weighted by Gasteiger charge is -2.13. The summed E-state index contributed by atoms with van der Waals surface area (Å²) in [6.45, 7) is 6.33. The quantitative estimate of drug-likeness (QED) is 0.386. The predicted octanol–water partition coefficient (Wildman–Crippen LogP) is 5.37. The molecule has 32 heavy (non-hydrogen) atoms. The highest BCUT2D eigenvalue weighted by Gasteiger charge is 2.19. The molecule has 0 unspecified atom stereocenters. The highest BCUT2D eigenvalue weighted by molar-refractivity contribution is 7.20. The fraction of sp³-hybridized carbons (Fsp3) is 0.240. The Balaban J connectivity index is 1.43. The number of carbonyl (C=O) groups is 2. The number of fused-ring (bicyclic) bond motifs is 1. The number of ether oxygens (including phenoxy) is 1. The Hall–Kier alpha value is -3.45. The summed E-state index contributed by atoms with van der Waals surface area (Å²) >= 11 is 1.33. The molecule has 1 amide bonds. The summed E-state index contributed by atoms with van der Waals surface area (Å²) in [4.78, 5) is 26.3. The number of rotatable bonds is 7. The van der Waals surface area contributed by atoms with E-state index in [1.807, 2.05) is 66.2 Å². The molecule has 164 valence electrons. The van der Waals surface area contributed by atoms with E-state index in [2.05, 4.69) is 24.3 Å². The largest absolute Gasteiger partial charge is 0.451 e. The minimum atomic E-state index is -0.510. The predicted molar refractivity (Wildman–Crippen MR) is 127 cm³/mol. The lowest BCUT2D eigenvalue weighted by atomic mass is 10.0. The molecule has 0 radical (unpaired) electrons. The number of aryl methyl sites for hydroxylation is 1. The number of aromatic nitrogens is 2. The molecule has 0 spiro atoms. The van der Waals surface area contributed by atoms with Gasteiger partial charge < -0.3 is 10.1 Å². The van der Waals surface area contributed by atoms with Gasteiger partial charge in [-0.25, -0.2) is 4.79 Å². The topological polar surface area (TPSA) is 73.2 Å². The summed E-state index contributed by atoms with van der Waals surface area (Å²) < 4.78 is 7.19. The van der Waals surface area contributed by atoms with E-state index >= 15 is 0 Å². The van der Waals surface area contributed by atoms with Gasteiger partial charge in [0, 0.05) is 11.1 Å². The van der Waals surface area contributed by atoms with Crippen molar-refractivity contribution in [3.8, 4) is 0 Å². The van der Waals surface area contributed by atoms with Crippen LogP contribution >= 0.6 is 11.3 Å². The highest BCUT2D eigenvalue weighted by Crippen LogP contribution is 2.29. The first-order valence-electron chi connectivity index (χ1n) is 10.5. The summed E-state index contributed by atoms with van der Waals surface area (Å²) in [5.74, 6) is -0.602. The maximum Gasteiger partial charge on any atom is 0.348 e. The lowest BCUT2D eigenvalue weighted by molar-refractivity contribution is -0.119. The van der Waals surface area contributed by atoms with Gasteiger partial charge in [0.1, 0.15) is 9.71 Å². The molecule has 0 saturated heterocycles. The first kappa shape index (κ1) is 21.8. The van der Waals surface area contributed by atoms with E-state index in [9.17, 15) is 9.59 Å². The number of amides is 1. The number of nitrogens with one attached hydrogen (secondary N) is 1. The van der Waals surface area contributed by atoms with E-state index in [0.717, 1.165) is 32.7 Å². The second-order valence-electron chi connectivity index (χ2n) is 7.92. The molecule has 4 aromatic rings. The summed E-state index contributed by atoms with van der Waals surface area (Å²) in [7, 11) is 0. The molecule has 0 bridgehead atoms. The molecule has 0 saturated carbocycles. The Labute approximate surface area is 190 Å². The monoisotopic (exact) mass is 447 g/mol. The van der Waals surface area contributed by atoms with Crippen LogP contribution in [0.2, 0.25) is 0 Å². The second kappa shape index (κ2) is 9.36. The van der Waals surface area contributed by atoms with Crippen LogP contribution in [0.15, 0.2) is 60.7 Å². The van der Waals surface area contributed by atoms with Crippen molar-refractivity contribution in [3.05, 3.63) is 82.4 Å². The molecule has 4 rings (SSSR count). The molecule has 2 aromatic carbocycles. The summed E-state index contributed by atoms with van der Waals surface area (Å²) in [6.07, 6.45) is 0. The number of anilines is 1. The van der Waals surface area contributed by atoms with Crippen molar-refractivity contribution >= 4 is 39.1 Å². The molecule has 7 heteroatoms. The third kappa shape index (κ3) is 4.73. The van der Waals surface area contributed by atoms with Gasteiger partial charge in [0.25, 0.3) is 5.91 Å². The fourth-order valence-electron chi connectivity index (χ4n) is 3.58. The average Bonchev–Trinajstić information content (AvgIpc) is 3.34. The Morgan fingerprint density at radius 3 is 2.56 bits per heavy atom. The van der Waals surface area contributed by atoms with Crippen molar-refractivity contribution in [2.24, 2.45) is 0 Å². The highest BCUT2D eigenvalue weighted by atomic mass is 32.1. The van der Waals surface area contributed by atoms with Crippen LogP contribution in [0.1, 0.15) is 46.3 Å². The van der Waals surface area contributed by atoms with Gasteiger partial charge in [-0.2, -0.15) is 5.10 Å². The maximum absolute atomic E-state index is 12.6. The molecule has 0 fully saturated rings. The molecule has 6 nitrogen and oxygen atoms in total. The zero-order chi connectivity index (χ0) is 22.7. The van der Waals surface area contributed by atoms with E-state index in [1.54, 1.807) is 6.07 Å². The zero-order valence-electron chi connectivity index (χ0n) is 18.3. The summed E-state index contributed by atoms with van der Waals surface area (Å²) in [5, 5.41) is 8.36. The van der Waals surface area contributed by atoms with Crippen LogP contribution < -0.4 is 5.32 Å². The van der Waals surface area contributed by atoms with Crippen LogP contribution in [0.25, 0.3) is 10.2 Å². The van der Waals surface area contributed by atoms with E-state index in [-0.39, 0.29) is 18.4 Å². The molecule has 0 atom stereocenters. The Bertz CT molecular complexity index is 1260. The molecule has 1 N–H and O–H groups in total. The van der Waals surface area contributed by atoms with Gasteiger partial charge in [-0.3, -0.25) is 9.48 Å². The minimum Gasteiger partial charge on any atom is -0.451 e. The van der Waals surface area contributed by atoms with Gasteiger partial charge in [-0.15, -0.1) is 11.3 Å². The average molecular weight is 448 g/mol. The smallest absolute Gasteiger partial charge is 0.348 e. The number of carbonyl (C=O) groups excluding carboxylic acids is 2. The molecular weight excluding hydrogens is 422 g/mol. The Morgan fingerprint density at radius 1 is 1.09 bits per heavy atom. The summed E-state index contributed by atoms with van der Waals surface area (Å²) in [5.41, 5.74) is 3.76. The van der Waals surface area contributed by atoms with E-state index in [1.165, 1.54) is 11.3 Å². The van der Waals surface area contributed by atoms with Gasteiger partial charge in [-0.1, -0.05) is 62.4 Å². The van der Waals surface area contributed by atoms with Crippen LogP contribution in [-0.4, -0.2) is 28.3 Å².